The molecular formula is C29H32N2. The van der Waals surface area contributed by atoms with Crippen molar-refractivity contribution in [2.45, 2.75) is 40.5 Å². The van der Waals surface area contributed by atoms with Gasteiger partial charge in [0.25, 0.3) is 0 Å². The molecule has 0 saturated heterocycles. The highest BCUT2D eigenvalue weighted by Crippen LogP contribution is 2.37. The van der Waals surface area contributed by atoms with Crippen molar-refractivity contribution in [3.8, 4) is 0 Å². The molecule has 1 aromatic carbocycles. The summed E-state index contributed by atoms with van der Waals surface area (Å²) in [7, 11) is 0. The number of fused-ring (bicyclic) bond motifs is 1. The molecule has 1 heterocycles. The van der Waals surface area contributed by atoms with Crippen LogP contribution < -0.4 is 0 Å². The second-order valence-electron chi connectivity index (χ2n) is 8.23. The molecule has 2 aromatic rings. The van der Waals surface area contributed by atoms with Gasteiger partial charge < -0.3 is 0 Å². The molecule has 1 aliphatic carbocycles. The van der Waals surface area contributed by atoms with E-state index in [9.17, 15) is 0 Å². The molecule has 0 spiro atoms. The first-order chi connectivity index (χ1) is 14.9. The summed E-state index contributed by atoms with van der Waals surface area (Å²) in [5.41, 5.74) is 7.59. The van der Waals surface area contributed by atoms with Crippen molar-refractivity contribution < 1.29 is 0 Å². The maximum Gasteiger partial charge on any atom is 0.0964 e. The number of para-hydroxylation sites is 1. The van der Waals surface area contributed by atoms with Gasteiger partial charge >= 0.3 is 0 Å². The Labute approximate surface area is 186 Å². The first kappa shape index (κ1) is 22.4. The fraction of sp³-hybridized carbons (Fsp3) is 0.241. The van der Waals surface area contributed by atoms with E-state index in [2.05, 4.69) is 95.0 Å². The maximum atomic E-state index is 4.94. The summed E-state index contributed by atoms with van der Waals surface area (Å²) in [5.74, 6) is 0.812. The smallest absolute Gasteiger partial charge is 0.0964 e. The second kappa shape index (κ2) is 10.2. The Morgan fingerprint density at radius 2 is 1.84 bits per heavy atom. The SMILES string of the molecule is C=C\C=C/C=C(C)/C(C)=C/C(C)=Nc1cccc2c(C3C=CC=CC3C)cc(C)nc12. The average Bonchev–Trinajstić information content (AvgIpc) is 2.74. The normalized spacial score (nSPS) is 20.1. The van der Waals surface area contributed by atoms with E-state index in [0.717, 1.165) is 22.6 Å². The summed E-state index contributed by atoms with van der Waals surface area (Å²) in [5, 5.41) is 1.18. The van der Waals surface area contributed by atoms with Crippen molar-refractivity contribution in [2.75, 3.05) is 0 Å². The molecular weight excluding hydrogens is 376 g/mol. The molecule has 0 bridgehead atoms. The van der Waals surface area contributed by atoms with Gasteiger partial charge in [-0.1, -0.05) is 74.2 Å². The number of aromatic nitrogens is 1. The third-order valence-corrected chi connectivity index (χ3v) is 5.69. The van der Waals surface area contributed by atoms with Gasteiger partial charge in [-0.25, -0.2) is 0 Å². The largest absolute Gasteiger partial charge is 0.251 e. The van der Waals surface area contributed by atoms with E-state index < -0.39 is 0 Å². The molecule has 1 aromatic heterocycles. The summed E-state index contributed by atoms with van der Waals surface area (Å²) in [6.45, 7) is 14.3. The molecule has 0 N–H and O–H groups in total. The van der Waals surface area contributed by atoms with Gasteiger partial charge in [-0.15, -0.1) is 0 Å². The Morgan fingerprint density at radius 3 is 2.58 bits per heavy atom. The van der Waals surface area contributed by atoms with Crippen LogP contribution in [0.25, 0.3) is 10.9 Å². The van der Waals surface area contributed by atoms with Crippen LogP contribution in [0.15, 0.2) is 102 Å². The lowest BCUT2D eigenvalue weighted by Crippen LogP contribution is -2.08. The van der Waals surface area contributed by atoms with Crippen LogP contribution >= 0.6 is 0 Å². The standard InChI is InChI=1S/C29H32N2/c1-7-8-9-13-20(2)22(4)18-23(5)30-28-17-12-16-26-27(19-24(6)31-29(26)28)25-15-11-10-14-21(25)3/h7-19,21,25H,1H2,2-6H3/b9-8-,20-13+,22-18+,30-23?. The summed E-state index contributed by atoms with van der Waals surface area (Å²) >= 11 is 0. The van der Waals surface area contributed by atoms with Gasteiger partial charge in [-0.2, -0.15) is 0 Å². The molecule has 2 atom stereocenters. The van der Waals surface area contributed by atoms with Gasteiger partial charge in [0.1, 0.15) is 0 Å². The highest BCUT2D eigenvalue weighted by atomic mass is 14.8. The Hall–Kier alpha value is -3.26. The summed E-state index contributed by atoms with van der Waals surface area (Å²) in [4.78, 5) is 9.81. The zero-order chi connectivity index (χ0) is 22.4. The quantitative estimate of drug-likeness (QED) is 0.350. The zero-order valence-corrected chi connectivity index (χ0v) is 19.3. The van der Waals surface area contributed by atoms with E-state index in [1.54, 1.807) is 6.08 Å². The van der Waals surface area contributed by atoms with E-state index in [0.29, 0.717) is 11.8 Å². The Balaban J connectivity index is 2.03. The number of pyridine rings is 1. The molecule has 0 saturated carbocycles. The zero-order valence-electron chi connectivity index (χ0n) is 19.3. The van der Waals surface area contributed by atoms with Gasteiger partial charge in [0.05, 0.1) is 11.2 Å². The summed E-state index contributed by atoms with van der Waals surface area (Å²) in [6, 6.07) is 8.54. The number of hydrogen-bond acceptors (Lipinski definition) is 2. The lowest BCUT2D eigenvalue weighted by Gasteiger charge is -2.23. The van der Waals surface area contributed by atoms with Crippen LogP contribution in [0, 0.1) is 12.8 Å². The number of aryl methyl sites for hydroxylation is 1. The summed E-state index contributed by atoms with van der Waals surface area (Å²) < 4.78 is 0. The van der Waals surface area contributed by atoms with Crippen LogP contribution in [0.4, 0.5) is 5.69 Å². The number of nitrogens with zero attached hydrogens (tertiary/aromatic N) is 2. The monoisotopic (exact) mass is 408 g/mol. The fourth-order valence-corrected chi connectivity index (χ4v) is 3.92. The van der Waals surface area contributed by atoms with Gasteiger partial charge in [0, 0.05) is 22.7 Å². The number of hydrogen-bond donors (Lipinski definition) is 0. The molecule has 2 unspecified atom stereocenters. The second-order valence-corrected chi connectivity index (χ2v) is 8.23. The highest BCUT2D eigenvalue weighted by molar-refractivity contribution is 6.00. The van der Waals surface area contributed by atoms with Crippen molar-refractivity contribution in [3.63, 3.8) is 0 Å². The fourth-order valence-electron chi connectivity index (χ4n) is 3.92. The van der Waals surface area contributed by atoms with Gasteiger partial charge in [-0.3, -0.25) is 9.98 Å². The van der Waals surface area contributed by atoms with E-state index in [4.69, 9.17) is 9.98 Å². The highest BCUT2D eigenvalue weighted by Gasteiger charge is 2.20. The minimum Gasteiger partial charge on any atom is -0.251 e. The molecule has 2 nitrogen and oxygen atoms in total. The molecule has 158 valence electrons. The number of allylic oxidation sites excluding steroid dienone is 11. The Bertz CT molecular complexity index is 1150. The number of aliphatic imine (C=N–C) groups is 1. The molecule has 31 heavy (non-hydrogen) atoms. The molecule has 0 radical (unpaired) electrons. The molecule has 2 heteroatoms. The van der Waals surface area contributed by atoms with Gasteiger partial charge in [0.15, 0.2) is 0 Å². The van der Waals surface area contributed by atoms with Crippen LogP contribution in [0.3, 0.4) is 0 Å². The molecule has 3 rings (SSSR count). The van der Waals surface area contributed by atoms with E-state index >= 15 is 0 Å². The van der Waals surface area contributed by atoms with Crippen molar-refractivity contribution in [3.05, 3.63) is 108 Å². The van der Waals surface area contributed by atoms with Crippen LogP contribution in [-0.2, 0) is 0 Å². The summed E-state index contributed by atoms with van der Waals surface area (Å²) in [6.07, 6.45) is 18.8. The predicted octanol–water partition coefficient (Wildman–Crippen LogP) is 8.12. The minimum atomic E-state index is 0.355. The van der Waals surface area contributed by atoms with Crippen molar-refractivity contribution in [1.82, 2.24) is 4.98 Å². The Kier molecular flexibility index (Phi) is 7.36. The molecule has 0 fully saturated rings. The van der Waals surface area contributed by atoms with Crippen LogP contribution in [0.1, 0.15) is 44.9 Å². The van der Waals surface area contributed by atoms with E-state index in [1.807, 2.05) is 19.1 Å². The lowest BCUT2D eigenvalue weighted by molar-refractivity contribution is 0.638. The van der Waals surface area contributed by atoms with Gasteiger partial charge in [0.2, 0.25) is 0 Å². The van der Waals surface area contributed by atoms with Crippen molar-refractivity contribution in [1.29, 1.82) is 0 Å². The van der Waals surface area contributed by atoms with Crippen molar-refractivity contribution in [2.24, 2.45) is 10.9 Å². The predicted molar refractivity (Wildman–Crippen MR) is 136 cm³/mol. The first-order valence-corrected chi connectivity index (χ1v) is 10.9. The van der Waals surface area contributed by atoms with E-state index in [1.165, 1.54) is 22.1 Å². The number of benzene rings is 1. The third kappa shape index (κ3) is 5.46. The average molecular weight is 409 g/mol. The number of rotatable bonds is 6. The van der Waals surface area contributed by atoms with Crippen LogP contribution in [0.2, 0.25) is 0 Å². The first-order valence-electron chi connectivity index (χ1n) is 10.9. The van der Waals surface area contributed by atoms with Gasteiger partial charge in [-0.05, 0) is 68.5 Å². The van der Waals surface area contributed by atoms with Crippen molar-refractivity contribution >= 4 is 22.3 Å². The van der Waals surface area contributed by atoms with Crippen LogP contribution in [0.5, 0.6) is 0 Å². The molecule has 0 amide bonds. The third-order valence-electron chi connectivity index (χ3n) is 5.69. The van der Waals surface area contributed by atoms with E-state index in [-0.39, 0.29) is 0 Å². The van der Waals surface area contributed by atoms with Crippen LogP contribution in [-0.4, -0.2) is 10.7 Å². The lowest BCUT2D eigenvalue weighted by atomic mass is 9.82. The molecule has 0 aliphatic heterocycles. The topological polar surface area (TPSA) is 25.2 Å². The maximum absolute atomic E-state index is 4.94. The molecule has 1 aliphatic rings. The Morgan fingerprint density at radius 1 is 1.06 bits per heavy atom. The minimum absolute atomic E-state index is 0.355.